The van der Waals surface area contributed by atoms with E-state index in [2.05, 4.69) is 9.88 Å². The topological polar surface area (TPSA) is 122 Å². The minimum atomic E-state index is -0.523. The van der Waals surface area contributed by atoms with Crippen LogP contribution in [0.1, 0.15) is 26.7 Å². The number of ether oxygens (including phenoxy) is 2. The van der Waals surface area contributed by atoms with E-state index in [1.165, 1.54) is 12.8 Å². The Morgan fingerprint density at radius 2 is 1.88 bits per heavy atom. The van der Waals surface area contributed by atoms with Crippen molar-refractivity contribution < 1.29 is 19.1 Å². The molecule has 168 valence electrons. The van der Waals surface area contributed by atoms with E-state index in [1.54, 1.807) is 19.9 Å². The summed E-state index contributed by atoms with van der Waals surface area (Å²) >= 11 is 0. The molecule has 1 heterocycles. The highest BCUT2D eigenvalue weighted by Crippen LogP contribution is 2.41. The monoisotopic (exact) mass is 436 g/mol. The fourth-order valence-corrected chi connectivity index (χ4v) is 3.73. The van der Waals surface area contributed by atoms with E-state index in [0.717, 1.165) is 28.7 Å². The van der Waals surface area contributed by atoms with Gasteiger partial charge in [-0.05, 0) is 56.9 Å². The number of nitrogens with one attached hydrogen (secondary N) is 1. The molecule has 0 spiro atoms. The molecular weight excluding hydrogens is 408 g/mol. The van der Waals surface area contributed by atoms with Crippen molar-refractivity contribution in [2.75, 3.05) is 17.7 Å². The maximum absolute atomic E-state index is 11.9. The molecule has 8 nitrogen and oxygen atoms in total. The van der Waals surface area contributed by atoms with Gasteiger partial charge in [0.05, 0.1) is 23.0 Å². The standard InChI is InChI=1S/C24H28N4O4/c1-14(2)32-24(30)27-17-7-5-16(6-8-17)23-22(26)19-10-9-18(31-13-21(25)29)11-20(19)28(23)12-15-3-4-15/h5-11,14-15H,3-4,12-13,26H2,1-2H3,(H2,25,29)(H,27,30). The number of nitrogen functional groups attached to an aromatic ring is 1. The summed E-state index contributed by atoms with van der Waals surface area (Å²) in [7, 11) is 0. The van der Waals surface area contributed by atoms with Gasteiger partial charge in [-0.25, -0.2) is 4.79 Å². The number of hydrogen-bond donors (Lipinski definition) is 3. The molecular formula is C24H28N4O4. The lowest BCUT2D eigenvalue weighted by molar-refractivity contribution is -0.119. The highest BCUT2D eigenvalue weighted by atomic mass is 16.6. The molecule has 1 aliphatic rings. The molecule has 8 heteroatoms. The maximum Gasteiger partial charge on any atom is 0.411 e. The molecule has 1 saturated carbocycles. The molecule has 0 radical (unpaired) electrons. The molecule has 1 fully saturated rings. The average molecular weight is 437 g/mol. The molecule has 0 saturated heterocycles. The van der Waals surface area contributed by atoms with Gasteiger partial charge in [-0.15, -0.1) is 0 Å². The predicted octanol–water partition coefficient (Wildman–Crippen LogP) is 4.12. The number of nitrogens with two attached hydrogens (primary N) is 2. The van der Waals surface area contributed by atoms with Gasteiger partial charge in [-0.1, -0.05) is 12.1 Å². The van der Waals surface area contributed by atoms with Crippen LogP contribution in [0.2, 0.25) is 0 Å². The van der Waals surface area contributed by atoms with E-state index in [1.807, 2.05) is 36.4 Å². The summed E-state index contributed by atoms with van der Waals surface area (Å²) in [4.78, 5) is 22.9. The summed E-state index contributed by atoms with van der Waals surface area (Å²) in [6.07, 6.45) is 1.71. The SMILES string of the molecule is CC(C)OC(=O)Nc1ccc(-c2c(N)c3ccc(OCC(N)=O)cc3n2CC2CC2)cc1. The van der Waals surface area contributed by atoms with Crippen LogP contribution in [0.25, 0.3) is 22.2 Å². The van der Waals surface area contributed by atoms with Crippen LogP contribution in [-0.4, -0.2) is 29.3 Å². The number of nitrogens with zero attached hydrogens (tertiary/aromatic N) is 1. The van der Waals surface area contributed by atoms with Crippen molar-refractivity contribution in [3.05, 3.63) is 42.5 Å². The smallest absolute Gasteiger partial charge is 0.411 e. The molecule has 0 atom stereocenters. The highest BCUT2D eigenvalue weighted by Gasteiger charge is 2.26. The van der Waals surface area contributed by atoms with Crippen molar-refractivity contribution >= 4 is 34.3 Å². The Kier molecular flexibility index (Phi) is 5.94. The minimum Gasteiger partial charge on any atom is -0.484 e. The lowest BCUT2D eigenvalue weighted by Crippen LogP contribution is -2.20. The largest absolute Gasteiger partial charge is 0.484 e. The molecule has 32 heavy (non-hydrogen) atoms. The second-order valence-electron chi connectivity index (χ2n) is 8.41. The molecule has 0 aliphatic heterocycles. The van der Waals surface area contributed by atoms with Crippen molar-refractivity contribution in [2.24, 2.45) is 11.7 Å². The van der Waals surface area contributed by atoms with Gasteiger partial charge in [0, 0.05) is 29.2 Å². The summed E-state index contributed by atoms with van der Waals surface area (Å²) in [5, 5.41) is 3.65. The van der Waals surface area contributed by atoms with Gasteiger partial charge < -0.3 is 25.5 Å². The predicted molar refractivity (Wildman–Crippen MR) is 124 cm³/mol. The number of carbonyl (C=O) groups is 2. The summed E-state index contributed by atoms with van der Waals surface area (Å²) in [5.74, 6) is 0.663. The Morgan fingerprint density at radius 3 is 2.50 bits per heavy atom. The van der Waals surface area contributed by atoms with E-state index in [0.29, 0.717) is 23.0 Å². The number of hydrogen-bond acceptors (Lipinski definition) is 5. The number of primary amides is 1. The van der Waals surface area contributed by atoms with Crippen molar-refractivity contribution in [3.8, 4) is 17.0 Å². The molecule has 2 aromatic carbocycles. The third-order valence-corrected chi connectivity index (χ3v) is 5.34. The molecule has 2 amide bonds. The normalized spacial score (nSPS) is 13.3. The molecule has 1 aromatic heterocycles. The fourth-order valence-electron chi connectivity index (χ4n) is 3.73. The van der Waals surface area contributed by atoms with Crippen LogP contribution in [-0.2, 0) is 16.1 Å². The van der Waals surface area contributed by atoms with Crippen LogP contribution in [0.15, 0.2) is 42.5 Å². The molecule has 0 bridgehead atoms. The van der Waals surface area contributed by atoms with Crippen LogP contribution < -0.4 is 21.5 Å². The van der Waals surface area contributed by atoms with Gasteiger partial charge >= 0.3 is 6.09 Å². The summed E-state index contributed by atoms with van der Waals surface area (Å²) < 4.78 is 12.9. The van der Waals surface area contributed by atoms with E-state index < -0.39 is 12.0 Å². The van der Waals surface area contributed by atoms with Gasteiger partial charge in [0.1, 0.15) is 5.75 Å². The minimum absolute atomic E-state index is 0.176. The maximum atomic E-state index is 11.9. The summed E-state index contributed by atoms with van der Waals surface area (Å²) in [6.45, 7) is 4.27. The first-order chi connectivity index (χ1) is 15.3. The third kappa shape index (κ3) is 4.80. The van der Waals surface area contributed by atoms with Crippen LogP contribution in [0, 0.1) is 5.92 Å². The molecule has 1 aliphatic carbocycles. The Hall–Kier alpha value is -3.68. The second kappa shape index (κ2) is 8.82. The molecule has 0 unspecified atom stereocenters. The Bertz CT molecular complexity index is 1150. The van der Waals surface area contributed by atoms with Crippen LogP contribution in [0.3, 0.4) is 0 Å². The number of anilines is 2. The third-order valence-electron chi connectivity index (χ3n) is 5.34. The van der Waals surface area contributed by atoms with Crippen molar-refractivity contribution in [1.29, 1.82) is 0 Å². The average Bonchev–Trinajstić information content (AvgIpc) is 3.51. The number of rotatable bonds is 8. The van der Waals surface area contributed by atoms with Gasteiger partial charge in [-0.3, -0.25) is 10.1 Å². The fraction of sp³-hybridized carbons (Fsp3) is 0.333. The Balaban J connectivity index is 1.68. The van der Waals surface area contributed by atoms with Crippen LogP contribution in [0.4, 0.5) is 16.2 Å². The van der Waals surface area contributed by atoms with Crippen molar-refractivity contribution in [2.45, 2.75) is 39.3 Å². The number of benzene rings is 2. The van der Waals surface area contributed by atoms with Crippen LogP contribution in [0.5, 0.6) is 5.75 Å². The quantitative estimate of drug-likeness (QED) is 0.490. The first-order valence-electron chi connectivity index (χ1n) is 10.7. The molecule has 4 rings (SSSR count). The first-order valence-corrected chi connectivity index (χ1v) is 10.7. The zero-order valence-electron chi connectivity index (χ0n) is 18.3. The summed E-state index contributed by atoms with van der Waals surface area (Å²) in [5.41, 5.74) is 15.9. The van der Waals surface area contributed by atoms with Gasteiger partial charge in [-0.2, -0.15) is 0 Å². The van der Waals surface area contributed by atoms with E-state index >= 15 is 0 Å². The van der Waals surface area contributed by atoms with Gasteiger partial charge in [0.25, 0.3) is 5.91 Å². The number of aromatic nitrogens is 1. The molecule has 3 aromatic rings. The second-order valence-corrected chi connectivity index (χ2v) is 8.41. The zero-order chi connectivity index (χ0) is 22.8. The van der Waals surface area contributed by atoms with E-state index in [9.17, 15) is 9.59 Å². The lowest BCUT2D eigenvalue weighted by Gasteiger charge is -2.13. The Morgan fingerprint density at radius 1 is 1.16 bits per heavy atom. The number of amides is 2. The van der Waals surface area contributed by atoms with E-state index in [4.69, 9.17) is 20.9 Å². The first kappa shape index (κ1) is 21.5. The lowest BCUT2D eigenvalue weighted by atomic mass is 10.1. The molecule has 5 N–H and O–H groups in total. The highest BCUT2D eigenvalue weighted by molar-refractivity contribution is 6.01. The number of carbonyl (C=O) groups excluding carboxylic acids is 2. The van der Waals surface area contributed by atoms with Gasteiger partial charge in [0.2, 0.25) is 0 Å². The van der Waals surface area contributed by atoms with Crippen molar-refractivity contribution in [1.82, 2.24) is 4.57 Å². The number of fused-ring (bicyclic) bond motifs is 1. The van der Waals surface area contributed by atoms with Crippen LogP contribution >= 0.6 is 0 Å². The summed E-state index contributed by atoms with van der Waals surface area (Å²) in [6, 6.07) is 13.1. The van der Waals surface area contributed by atoms with Gasteiger partial charge in [0.15, 0.2) is 6.61 Å². The van der Waals surface area contributed by atoms with Crippen molar-refractivity contribution in [3.63, 3.8) is 0 Å². The zero-order valence-corrected chi connectivity index (χ0v) is 18.3. The Labute approximate surface area is 186 Å². The van der Waals surface area contributed by atoms with E-state index in [-0.39, 0.29) is 12.7 Å².